The Hall–Kier alpha value is -3.28. The molecule has 0 atom stereocenters. The smallest absolute Gasteiger partial charge is 0.274 e. The van der Waals surface area contributed by atoms with Gasteiger partial charge in [-0.1, -0.05) is 30.3 Å². The highest BCUT2D eigenvalue weighted by Gasteiger charge is 2.17. The highest BCUT2D eigenvalue weighted by molar-refractivity contribution is 5.92. The van der Waals surface area contributed by atoms with E-state index in [4.69, 9.17) is 0 Å². The number of likely N-dealkylation sites (N-methyl/N-ethyl adjacent to an activating group) is 1. The quantitative estimate of drug-likeness (QED) is 0.589. The summed E-state index contributed by atoms with van der Waals surface area (Å²) in [5.41, 5.74) is 2.71. The summed E-state index contributed by atoms with van der Waals surface area (Å²) in [7, 11) is 1.79. The summed E-state index contributed by atoms with van der Waals surface area (Å²) < 4.78 is 0. The monoisotopic (exact) mass is 389 g/mol. The Morgan fingerprint density at radius 3 is 2.28 bits per heavy atom. The second-order valence-electron chi connectivity index (χ2n) is 7.32. The topological polar surface area (TPSA) is 62.2 Å². The SMILES string of the molecule is CC(C)N(Cc1ccccc1)c1ccc(C(=O)N(C)CCc2ccncc2)nn1. The van der Waals surface area contributed by atoms with Gasteiger partial charge in [-0.15, -0.1) is 10.2 Å². The van der Waals surface area contributed by atoms with Crippen molar-refractivity contribution >= 4 is 11.7 Å². The lowest BCUT2D eigenvalue weighted by Crippen LogP contribution is -2.32. The number of anilines is 1. The first-order valence-electron chi connectivity index (χ1n) is 9.83. The number of benzene rings is 1. The first-order valence-corrected chi connectivity index (χ1v) is 9.83. The molecule has 0 aliphatic carbocycles. The lowest BCUT2D eigenvalue weighted by Gasteiger charge is -2.27. The Balaban J connectivity index is 1.65. The molecule has 0 aliphatic heterocycles. The van der Waals surface area contributed by atoms with Gasteiger partial charge in [0.25, 0.3) is 5.91 Å². The van der Waals surface area contributed by atoms with Gasteiger partial charge in [-0.05, 0) is 55.7 Å². The van der Waals surface area contributed by atoms with Crippen molar-refractivity contribution in [3.05, 3.63) is 83.8 Å². The molecule has 6 nitrogen and oxygen atoms in total. The van der Waals surface area contributed by atoms with E-state index in [0.717, 1.165) is 24.3 Å². The second kappa shape index (κ2) is 9.78. The van der Waals surface area contributed by atoms with Gasteiger partial charge in [0.1, 0.15) is 0 Å². The normalized spacial score (nSPS) is 10.8. The van der Waals surface area contributed by atoms with Crippen LogP contribution in [-0.2, 0) is 13.0 Å². The number of carbonyl (C=O) groups excluding carboxylic acids is 1. The zero-order chi connectivity index (χ0) is 20.6. The van der Waals surface area contributed by atoms with Crippen molar-refractivity contribution in [2.45, 2.75) is 32.9 Å². The van der Waals surface area contributed by atoms with Crippen molar-refractivity contribution < 1.29 is 4.79 Å². The Labute approximate surface area is 172 Å². The van der Waals surface area contributed by atoms with Gasteiger partial charge >= 0.3 is 0 Å². The van der Waals surface area contributed by atoms with Crippen molar-refractivity contribution in [1.82, 2.24) is 20.1 Å². The van der Waals surface area contributed by atoms with Crippen LogP contribution in [-0.4, -0.2) is 45.6 Å². The number of amides is 1. The van der Waals surface area contributed by atoms with E-state index in [0.29, 0.717) is 12.2 Å². The number of pyridine rings is 1. The number of rotatable bonds is 8. The predicted molar refractivity (Wildman–Crippen MR) is 115 cm³/mol. The standard InChI is InChI=1S/C23H27N5O/c1-18(2)28(17-20-7-5-4-6-8-20)22-10-9-21(25-26-22)23(29)27(3)16-13-19-11-14-24-15-12-19/h4-12,14-15,18H,13,16-17H2,1-3H3. The molecule has 0 unspecified atom stereocenters. The molecular formula is C23H27N5O. The molecule has 0 aliphatic rings. The van der Waals surface area contributed by atoms with Crippen molar-refractivity contribution in [3.8, 4) is 0 Å². The highest BCUT2D eigenvalue weighted by Crippen LogP contribution is 2.17. The van der Waals surface area contributed by atoms with Crippen LogP contribution in [0.4, 0.5) is 5.82 Å². The average Bonchev–Trinajstić information content (AvgIpc) is 2.76. The van der Waals surface area contributed by atoms with Gasteiger partial charge in [-0.3, -0.25) is 9.78 Å². The Morgan fingerprint density at radius 1 is 0.931 bits per heavy atom. The Morgan fingerprint density at radius 2 is 1.66 bits per heavy atom. The maximum absolute atomic E-state index is 12.7. The van der Waals surface area contributed by atoms with Crippen LogP contribution < -0.4 is 4.90 Å². The lowest BCUT2D eigenvalue weighted by molar-refractivity contribution is 0.0789. The number of carbonyl (C=O) groups is 1. The van der Waals surface area contributed by atoms with Gasteiger partial charge in [-0.2, -0.15) is 0 Å². The largest absolute Gasteiger partial charge is 0.348 e. The minimum Gasteiger partial charge on any atom is -0.348 e. The third-order valence-corrected chi connectivity index (χ3v) is 4.81. The zero-order valence-corrected chi connectivity index (χ0v) is 17.2. The second-order valence-corrected chi connectivity index (χ2v) is 7.32. The maximum Gasteiger partial charge on any atom is 0.274 e. The third-order valence-electron chi connectivity index (χ3n) is 4.81. The molecule has 3 rings (SSSR count). The Bertz CT molecular complexity index is 898. The minimum absolute atomic E-state index is 0.128. The molecule has 0 fully saturated rings. The fraction of sp³-hybridized carbons (Fsp3) is 0.304. The van der Waals surface area contributed by atoms with E-state index in [1.54, 1.807) is 30.4 Å². The fourth-order valence-corrected chi connectivity index (χ4v) is 3.04. The van der Waals surface area contributed by atoms with E-state index in [9.17, 15) is 4.79 Å². The molecule has 6 heteroatoms. The van der Waals surface area contributed by atoms with Gasteiger partial charge in [0, 0.05) is 38.6 Å². The molecule has 1 aromatic carbocycles. The molecule has 150 valence electrons. The van der Waals surface area contributed by atoms with Gasteiger partial charge in [-0.25, -0.2) is 0 Å². The Kier molecular flexibility index (Phi) is 6.89. The summed E-state index contributed by atoms with van der Waals surface area (Å²) in [6.45, 7) is 5.60. The van der Waals surface area contributed by atoms with Crippen molar-refractivity contribution in [3.63, 3.8) is 0 Å². The van der Waals surface area contributed by atoms with E-state index in [1.807, 2.05) is 36.4 Å². The molecule has 29 heavy (non-hydrogen) atoms. The van der Waals surface area contributed by atoms with Gasteiger partial charge in [0.2, 0.25) is 0 Å². The average molecular weight is 390 g/mol. The van der Waals surface area contributed by atoms with Crippen molar-refractivity contribution in [2.75, 3.05) is 18.5 Å². The number of hydrogen-bond acceptors (Lipinski definition) is 5. The molecule has 0 saturated heterocycles. The molecule has 0 N–H and O–H groups in total. The molecule has 1 amide bonds. The molecule has 3 aromatic rings. The molecular weight excluding hydrogens is 362 g/mol. The van der Waals surface area contributed by atoms with E-state index < -0.39 is 0 Å². The van der Waals surface area contributed by atoms with Crippen LogP contribution in [0.2, 0.25) is 0 Å². The summed E-state index contributed by atoms with van der Waals surface area (Å²) in [6, 6.07) is 18.1. The molecule has 2 heterocycles. The van der Waals surface area contributed by atoms with Crippen LogP contribution in [0.1, 0.15) is 35.5 Å². The predicted octanol–water partition coefficient (Wildman–Crippen LogP) is 3.60. The van der Waals surface area contributed by atoms with Crippen LogP contribution in [0.25, 0.3) is 0 Å². The lowest BCUT2D eigenvalue weighted by atomic mass is 10.2. The maximum atomic E-state index is 12.7. The first kappa shape index (κ1) is 20.5. The van der Waals surface area contributed by atoms with E-state index in [-0.39, 0.29) is 11.9 Å². The molecule has 0 saturated carbocycles. The van der Waals surface area contributed by atoms with E-state index >= 15 is 0 Å². The van der Waals surface area contributed by atoms with Crippen LogP contribution in [0.3, 0.4) is 0 Å². The van der Waals surface area contributed by atoms with Gasteiger partial charge in [0.15, 0.2) is 11.5 Å². The van der Waals surface area contributed by atoms with Gasteiger partial charge in [0.05, 0.1) is 0 Å². The summed E-state index contributed by atoms with van der Waals surface area (Å²) >= 11 is 0. The van der Waals surface area contributed by atoms with Gasteiger partial charge < -0.3 is 9.80 Å². The van der Waals surface area contributed by atoms with Crippen LogP contribution in [0.15, 0.2) is 67.0 Å². The molecule has 2 aromatic heterocycles. The number of hydrogen-bond donors (Lipinski definition) is 0. The fourth-order valence-electron chi connectivity index (χ4n) is 3.04. The zero-order valence-electron chi connectivity index (χ0n) is 17.2. The van der Waals surface area contributed by atoms with Crippen molar-refractivity contribution in [1.29, 1.82) is 0 Å². The van der Waals surface area contributed by atoms with Crippen LogP contribution >= 0.6 is 0 Å². The van der Waals surface area contributed by atoms with Crippen LogP contribution in [0, 0.1) is 0 Å². The number of nitrogens with zero attached hydrogens (tertiary/aromatic N) is 5. The highest BCUT2D eigenvalue weighted by atomic mass is 16.2. The van der Waals surface area contributed by atoms with E-state index in [2.05, 4.69) is 46.1 Å². The molecule has 0 spiro atoms. The third kappa shape index (κ3) is 5.60. The summed E-state index contributed by atoms with van der Waals surface area (Å²) in [6.07, 6.45) is 4.29. The summed E-state index contributed by atoms with van der Waals surface area (Å²) in [5, 5.41) is 8.55. The van der Waals surface area contributed by atoms with Crippen molar-refractivity contribution in [2.24, 2.45) is 0 Å². The summed E-state index contributed by atoms with van der Waals surface area (Å²) in [4.78, 5) is 20.5. The molecule has 0 bridgehead atoms. The minimum atomic E-state index is -0.128. The first-order chi connectivity index (χ1) is 14.0. The van der Waals surface area contributed by atoms with E-state index in [1.165, 1.54) is 5.56 Å². The molecule has 0 radical (unpaired) electrons. The van der Waals surface area contributed by atoms with Crippen LogP contribution in [0.5, 0.6) is 0 Å². The number of aromatic nitrogens is 3. The summed E-state index contributed by atoms with van der Waals surface area (Å²) in [5.74, 6) is 0.636.